The number of carbonyl (C=O) groups excluding carboxylic acids is 1. The molecule has 0 saturated carbocycles. The van der Waals surface area contributed by atoms with E-state index in [1.165, 1.54) is 0 Å². The highest BCUT2D eigenvalue weighted by molar-refractivity contribution is 6.10. The number of anilines is 1. The maximum absolute atomic E-state index is 12.9. The molecule has 0 aliphatic carbocycles. The summed E-state index contributed by atoms with van der Waals surface area (Å²) in [6.07, 6.45) is 6.75. The van der Waals surface area contributed by atoms with Gasteiger partial charge in [-0.2, -0.15) is 10.4 Å². The highest BCUT2D eigenvalue weighted by Crippen LogP contribution is 2.26. The molecule has 156 valence electrons. The van der Waals surface area contributed by atoms with E-state index in [-0.39, 0.29) is 5.57 Å². The van der Waals surface area contributed by atoms with Crippen molar-refractivity contribution in [1.29, 1.82) is 5.26 Å². The van der Waals surface area contributed by atoms with Crippen molar-refractivity contribution in [2.45, 2.75) is 13.8 Å². The van der Waals surface area contributed by atoms with Gasteiger partial charge in [-0.1, -0.05) is 35.9 Å². The van der Waals surface area contributed by atoms with Gasteiger partial charge < -0.3 is 5.32 Å². The number of nitrogens with one attached hydrogen (secondary N) is 1. The van der Waals surface area contributed by atoms with Gasteiger partial charge in [0.25, 0.3) is 5.91 Å². The van der Waals surface area contributed by atoms with Gasteiger partial charge in [-0.05, 0) is 55.8 Å². The maximum Gasteiger partial charge on any atom is 0.266 e. The van der Waals surface area contributed by atoms with Crippen LogP contribution in [0.4, 0.5) is 5.69 Å². The molecule has 1 amide bonds. The van der Waals surface area contributed by atoms with Crippen molar-refractivity contribution in [3.8, 4) is 23.0 Å². The van der Waals surface area contributed by atoms with Crippen LogP contribution in [0.5, 0.6) is 0 Å². The molecule has 2 heterocycles. The van der Waals surface area contributed by atoms with Crippen LogP contribution in [-0.2, 0) is 4.79 Å². The Kier molecular flexibility index (Phi) is 5.91. The van der Waals surface area contributed by atoms with E-state index in [9.17, 15) is 10.1 Å². The molecule has 6 nitrogen and oxygen atoms in total. The first-order valence-corrected chi connectivity index (χ1v) is 10.1. The Balaban J connectivity index is 1.74. The van der Waals surface area contributed by atoms with Crippen LogP contribution >= 0.6 is 0 Å². The first-order valence-electron chi connectivity index (χ1n) is 10.1. The van der Waals surface area contributed by atoms with E-state index in [0.717, 1.165) is 22.4 Å². The van der Waals surface area contributed by atoms with Gasteiger partial charge in [-0.3, -0.25) is 9.78 Å². The Bertz CT molecular complexity index is 1330. The summed E-state index contributed by atoms with van der Waals surface area (Å²) < 4.78 is 1.73. The normalized spacial score (nSPS) is 11.1. The molecule has 32 heavy (non-hydrogen) atoms. The maximum atomic E-state index is 12.9. The fourth-order valence-corrected chi connectivity index (χ4v) is 3.39. The SMILES string of the molecule is Cc1ccc(NC(=O)/C(C#N)=C/c2cn(-c3ccccc3)nc2-c2ccncc2)c(C)c1. The molecule has 0 radical (unpaired) electrons. The molecule has 4 aromatic rings. The zero-order valence-corrected chi connectivity index (χ0v) is 17.8. The van der Waals surface area contributed by atoms with Crippen LogP contribution in [-0.4, -0.2) is 20.7 Å². The van der Waals surface area contributed by atoms with Crippen LogP contribution in [0.15, 0.2) is 84.8 Å². The van der Waals surface area contributed by atoms with Crippen LogP contribution in [0, 0.1) is 25.2 Å². The fourth-order valence-electron chi connectivity index (χ4n) is 3.39. The lowest BCUT2D eigenvalue weighted by Crippen LogP contribution is -2.14. The van der Waals surface area contributed by atoms with Gasteiger partial charge in [-0.25, -0.2) is 4.68 Å². The summed E-state index contributed by atoms with van der Waals surface area (Å²) >= 11 is 0. The van der Waals surface area contributed by atoms with Gasteiger partial charge in [0.15, 0.2) is 0 Å². The molecule has 0 fully saturated rings. The van der Waals surface area contributed by atoms with Crippen molar-refractivity contribution >= 4 is 17.7 Å². The Morgan fingerprint density at radius 2 is 1.81 bits per heavy atom. The van der Waals surface area contributed by atoms with Gasteiger partial charge in [-0.15, -0.1) is 0 Å². The molecule has 0 unspecified atom stereocenters. The first-order chi connectivity index (χ1) is 15.5. The van der Waals surface area contributed by atoms with E-state index < -0.39 is 5.91 Å². The zero-order chi connectivity index (χ0) is 22.5. The van der Waals surface area contributed by atoms with Crippen molar-refractivity contribution in [2.24, 2.45) is 0 Å². The number of amides is 1. The van der Waals surface area contributed by atoms with Crippen LogP contribution in [0.3, 0.4) is 0 Å². The summed E-state index contributed by atoms with van der Waals surface area (Å²) in [6, 6.07) is 21.1. The predicted molar refractivity (Wildman–Crippen MR) is 125 cm³/mol. The predicted octanol–water partition coefficient (Wildman–Crippen LogP) is 5.10. The Morgan fingerprint density at radius 3 is 2.50 bits per heavy atom. The quantitative estimate of drug-likeness (QED) is 0.360. The van der Waals surface area contributed by atoms with E-state index in [1.807, 2.05) is 86.8 Å². The number of pyridine rings is 1. The number of rotatable bonds is 5. The van der Waals surface area contributed by atoms with Crippen molar-refractivity contribution < 1.29 is 4.79 Å². The van der Waals surface area contributed by atoms with E-state index in [2.05, 4.69) is 10.3 Å². The number of carbonyl (C=O) groups is 1. The Morgan fingerprint density at radius 1 is 1.06 bits per heavy atom. The summed E-state index contributed by atoms with van der Waals surface area (Å²) in [5.74, 6) is -0.465. The second kappa shape index (κ2) is 9.11. The number of nitriles is 1. The standard InChI is InChI=1S/C26H21N5O/c1-18-8-9-24(19(2)14-18)29-26(32)21(16-27)15-22-17-31(23-6-4-3-5-7-23)30-25(22)20-10-12-28-13-11-20/h3-15,17H,1-2H3,(H,29,32)/b21-15+. The molecular weight excluding hydrogens is 398 g/mol. The summed E-state index contributed by atoms with van der Waals surface area (Å²) in [5.41, 5.74) is 5.74. The number of para-hydroxylation sites is 1. The molecule has 1 N–H and O–H groups in total. The zero-order valence-electron chi connectivity index (χ0n) is 17.8. The number of aryl methyl sites for hydroxylation is 2. The fraction of sp³-hybridized carbons (Fsp3) is 0.0769. The highest BCUT2D eigenvalue weighted by atomic mass is 16.1. The van der Waals surface area contributed by atoms with Gasteiger partial charge in [0.05, 0.1) is 5.69 Å². The van der Waals surface area contributed by atoms with Crippen LogP contribution < -0.4 is 5.32 Å². The van der Waals surface area contributed by atoms with E-state index in [1.54, 1.807) is 23.2 Å². The smallest absolute Gasteiger partial charge is 0.266 e. The second-order valence-electron chi connectivity index (χ2n) is 7.39. The van der Waals surface area contributed by atoms with Gasteiger partial charge >= 0.3 is 0 Å². The van der Waals surface area contributed by atoms with Crippen molar-refractivity contribution in [2.75, 3.05) is 5.32 Å². The minimum absolute atomic E-state index is 0.00658. The van der Waals surface area contributed by atoms with E-state index in [4.69, 9.17) is 5.10 Å². The minimum atomic E-state index is -0.465. The van der Waals surface area contributed by atoms with Crippen LogP contribution in [0.25, 0.3) is 23.0 Å². The van der Waals surface area contributed by atoms with Gasteiger partial charge in [0.2, 0.25) is 0 Å². The summed E-state index contributed by atoms with van der Waals surface area (Å²) in [7, 11) is 0. The van der Waals surface area contributed by atoms with Crippen molar-refractivity contribution in [3.05, 3.63) is 102 Å². The summed E-state index contributed by atoms with van der Waals surface area (Å²) in [5, 5.41) is 17.3. The molecule has 2 aromatic heterocycles. The molecule has 2 aromatic carbocycles. The Labute approximate surface area is 186 Å². The molecule has 4 rings (SSSR count). The molecule has 0 bridgehead atoms. The van der Waals surface area contributed by atoms with Gasteiger partial charge in [0.1, 0.15) is 17.3 Å². The third-order valence-electron chi connectivity index (χ3n) is 5.01. The van der Waals surface area contributed by atoms with Gasteiger partial charge in [0, 0.05) is 35.4 Å². The molecule has 0 saturated heterocycles. The molecule has 0 aliphatic heterocycles. The number of benzene rings is 2. The lowest BCUT2D eigenvalue weighted by atomic mass is 10.1. The lowest BCUT2D eigenvalue weighted by molar-refractivity contribution is -0.112. The highest BCUT2D eigenvalue weighted by Gasteiger charge is 2.16. The minimum Gasteiger partial charge on any atom is -0.321 e. The molecule has 6 heteroatoms. The first kappa shape index (κ1) is 20.8. The number of hydrogen-bond acceptors (Lipinski definition) is 4. The van der Waals surface area contributed by atoms with Crippen molar-refractivity contribution in [1.82, 2.24) is 14.8 Å². The monoisotopic (exact) mass is 419 g/mol. The average Bonchev–Trinajstić information content (AvgIpc) is 3.24. The summed E-state index contributed by atoms with van der Waals surface area (Å²) in [4.78, 5) is 16.9. The molecule has 0 spiro atoms. The number of aromatic nitrogens is 3. The van der Waals surface area contributed by atoms with Crippen LogP contribution in [0.2, 0.25) is 0 Å². The molecular formula is C26H21N5O. The molecule has 0 aliphatic rings. The van der Waals surface area contributed by atoms with Crippen molar-refractivity contribution in [3.63, 3.8) is 0 Å². The largest absolute Gasteiger partial charge is 0.321 e. The molecule has 0 atom stereocenters. The third kappa shape index (κ3) is 4.47. The second-order valence-corrected chi connectivity index (χ2v) is 7.39. The number of nitrogens with zero attached hydrogens (tertiary/aromatic N) is 4. The van der Waals surface area contributed by atoms with E-state index >= 15 is 0 Å². The Hall–Kier alpha value is -4.50. The lowest BCUT2D eigenvalue weighted by Gasteiger charge is -2.08. The topological polar surface area (TPSA) is 83.6 Å². The number of hydrogen-bond donors (Lipinski definition) is 1. The summed E-state index contributed by atoms with van der Waals surface area (Å²) in [6.45, 7) is 3.91. The van der Waals surface area contributed by atoms with E-state index in [0.29, 0.717) is 16.9 Å². The average molecular weight is 419 g/mol. The third-order valence-corrected chi connectivity index (χ3v) is 5.01. The van der Waals surface area contributed by atoms with Crippen LogP contribution in [0.1, 0.15) is 16.7 Å².